The van der Waals surface area contributed by atoms with E-state index in [4.69, 9.17) is 0 Å². The Balaban J connectivity index is 1.47. The van der Waals surface area contributed by atoms with Gasteiger partial charge in [0.2, 0.25) is 15.9 Å². The largest absolute Gasteiger partial charge is 0.322 e. The fourth-order valence-electron chi connectivity index (χ4n) is 4.41. The number of carbonyl (C=O) groups excluding carboxylic acids is 2. The highest BCUT2D eigenvalue weighted by Crippen LogP contribution is 2.30. The highest BCUT2D eigenvalue weighted by Gasteiger charge is 2.25. The van der Waals surface area contributed by atoms with Gasteiger partial charge in [0.1, 0.15) is 0 Å². The second kappa shape index (κ2) is 9.42. The van der Waals surface area contributed by atoms with Gasteiger partial charge in [0.15, 0.2) is 0 Å². The van der Waals surface area contributed by atoms with Crippen molar-refractivity contribution in [1.82, 2.24) is 4.31 Å². The van der Waals surface area contributed by atoms with Gasteiger partial charge in [-0.05, 0) is 73.7 Å². The van der Waals surface area contributed by atoms with Gasteiger partial charge in [0, 0.05) is 43.5 Å². The van der Waals surface area contributed by atoms with Gasteiger partial charge < -0.3 is 10.2 Å². The molecular formula is C24H29N3O4S. The van der Waals surface area contributed by atoms with E-state index in [1.165, 1.54) is 12.1 Å². The number of nitrogens with one attached hydrogen (secondary N) is 1. The van der Waals surface area contributed by atoms with E-state index in [1.807, 2.05) is 12.1 Å². The molecule has 2 aromatic carbocycles. The van der Waals surface area contributed by atoms with Gasteiger partial charge in [-0.1, -0.05) is 12.8 Å². The third-order valence-corrected chi connectivity index (χ3v) is 8.07. The summed E-state index contributed by atoms with van der Waals surface area (Å²) >= 11 is 0. The molecule has 2 heterocycles. The lowest BCUT2D eigenvalue weighted by atomic mass is 10.0. The lowest BCUT2D eigenvalue weighted by Gasteiger charge is -2.29. The molecule has 0 radical (unpaired) electrons. The molecule has 2 amide bonds. The van der Waals surface area contributed by atoms with Crippen molar-refractivity contribution in [1.29, 1.82) is 0 Å². The predicted molar refractivity (Wildman–Crippen MR) is 124 cm³/mol. The number of benzene rings is 2. The first kappa shape index (κ1) is 22.5. The van der Waals surface area contributed by atoms with E-state index in [9.17, 15) is 18.0 Å². The normalized spacial score (nSPS) is 17.3. The molecule has 32 heavy (non-hydrogen) atoms. The summed E-state index contributed by atoms with van der Waals surface area (Å²) < 4.78 is 27.4. The number of rotatable bonds is 4. The highest BCUT2D eigenvalue weighted by atomic mass is 32.2. The predicted octanol–water partition coefficient (Wildman–Crippen LogP) is 3.80. The maximum atomic E-state index is 12.9. The summed E-state index contributed by atoms with van der Waals surface area (Å²) in [6, 6.07) is 11.7. The van der Waals surface area contributed by atoms with Gasteiger partial charge >= 0.3 is 0 Å². The van der Waals surface area contributed by atoms with Gasteiger partial charge in [-0.3, -0.25) is 9.59 Å². The van der Waals surface area contributed by atoms with Crippen LogP contribution in [0, 0.1) is 0 Å². The van der Waals surface area contributed by atoms with E-state index in [-0.39, 0.29) is 16.7 Å². The van der Waals surface area contributed by atoms with Gasteiger partial charge in [0.25, 0.3) is 5.91 Å². The standard InChI is InChI=1S/C24H29N3O4S/c1-18(28)27-16-6-7-20-17-21(10-13-23(20)27)25-24(29)19-8-11-22(12-9-19)32(30,31)26-14-4-2-3-5-15-26/h8-13,17H,2-7,14-16H2,1H3,(H,25,29). The maximum Gasteiger partial charge on any atom is 0.255 e. The second-order valence-corrected chi connectivity index (χ2v) is 10.4. The quantitative estimate of drug-likeness (QED) is 0.760. The zero-order valence-electron chi connectivity index (χ0n) is 18.3. The summed E-state index contributed by atoms with van der Waals surface area (Å²) in [7, 11) is -3.54. The average Bonchev–Trinajstić information content (AvgIpc) is 3.09. The highest BCUT2D eigenvalue weighted by molar-refractivity contribution is 7.89. The Morgan fingerprint density at radius 1 is 0.875 bits per heavy atom. The fraction of sp³-hybridized carbons (Fsp3) is 0.417. The molecule has 1 saturated heterocycles. The van der Waals surface area contributed by atoms with Crippen LogP contribution in [0.15, 0.2) is 47.4 Å². The molecule has 7 nitrogen and oxygen atoms in total. The van der Waals surface area contributed by atoms with Crippen molar-refractivity contribution >= 4 is 33.2 Å². The van der Waals surface area contributed by atoms with E-state index >= 15 is 0 Å². The Kier molecular flexibility index (Phi) is 6.62. The van der Waals surface area contributed by atoms with Crippen molar-refractivity contribution in [2.75, 3.05) is 29.9 Å². The number of hydrogen-bond acceptors (Lipinski definition) is 4. The Morgan fingerprint density at radius 2 is 1.56 bits per heavy atom. The molecule has 2 aromatic rings. The van der Waals surface area contributed by atoms with E-state index in [2.05, 4.69) is 5.32 Å². The monoisotopic (exact) mass is 455 g/mol. The summed E-state index contributed by atoms with van der Waals surface area (Å²) in [5, 5.41) is 2.88. The third-order valence-electron chi connectivity index (χ3n) is 6.16. The molecule has 2 aliphatic rings. The number of aryl methyl sites for hydroxylation is 1. The summed E-state index contributed by atoms with van der Waals surface area (Å²) in [4.78, 5) is 26.5. The van der Waals surface area contributed by atoms with Crippen molar-refractivity contribution < 1.29 is 18.0 Å². The zero-order valence-corrected chi connectivity index (χ0v) is 19.2. The Hall–Kier alpha value is -2.71. The van der Waals surface area contributed by atoms with E-state index in [0.717, 1.165) is 49.8 Å². The van der Waals surface area contributed by atoms with Gasteiger partial charge in [0.05, 0.1) is 4.90 Å². The van der Waals surface area contributed by atoms with Crippen LogP contribution < -0.4 is 10.2 Å². The molecule has 0 unspecified atom stereocenters. The molecule has 170 valence electrons. The van der Waals surface area contributed by atoms with Gasteiger partial charge in [-0.25, -0.2) is 8.42 Å². The zero-order chi connectivity index (χ0) is 22.7. The van der Waals surface area contributed by atoms with Crippen LogP contribution in [0.4, 0.5) is 11.4 Å². The fourth-order valence-corrected chi connectivity index (χ4v) is 5.93. The Morgan fingerprint density at radius 3 is 2.22 bits per heavy atom. The Bertz CT molecular complexity index is 1100. The third kappa shape index (κ3) is 4.71. The first-order chi connectivity index (χ1) is 15.4. The van der Waals surface area contributed by atoms with Crippen LogP contribution in [0.5, 0.6) is 0 Å². The van der Waals surface area contributed by atoms with E-state index in [1.54, 1.807) is 34.3 Å². The van der Waals surface area contributed by atoms with Gasteiger partial charge in [-0.15, -0.1) is 0 Å². The van der Waals surface area contributed by atoms with Crippen LogP contribution >= 0.6 is 0 Å². The molecule has 4 rings (SSSR count). The van der Waals surface area contributed by atoms with Crippen LogP contribution in [-0.2, 0) is 21.2 Å². The van der Waals surface area contributed by atoms with Crippen molar-refractivity contribution in [2.45, 2.75) is 50.3 Å². The number of nitrogens with zero attached hydrogens (tertiary/aromatic N) is 2. The van der Waals surface area contributed by atoms with Crippen molar-refractivity contribution in [3.8, 4) is 0 Å². The first-order valence-corrected chi connectivity index (χ1v) is 12.6. The van der Waals surface area contributed by atoms with Crippen LogP contribution in [0.25, 0.3) is 0 Å². The molecule has 0 aliphatic carbocycles. The minimum Gasteiger partial charge on any atom is -0.322 e. The van der Waals surface area contributed by atoms with E-state index < -0.39 is 10.0 Å². The number of sulfonamides is 1. The van der Waals surface area contributed by atoms with E-state index in [0.29, 0.717) is 30.9 Å². The minimum absolute atomic E-state index is 0.0120. The molecule has 1 fully saturated rings. The molecule has 8 heteroatoms. The lowest BCUT2D eigenvalue weighted by molar-refractivity contribution is -0.116. The number of anilines is 2. The maximum absolute atomic E-state index is 12.9. The molecule has 1 N–H and O–H groups in total. The number of hydrogen-bond donors (Lipinski definition) is 1. The van der Waals surface area contributed by atoms with Crippen LogP contribution in [0.1, 0.15) is 54.9 Å². The van der Waals surface area contributed by atoms with Crippen LogP contribution in [0.3, 0.4) is 0 Å². The molecule has 0 aromatic heterocycles. The molecule has 0 saturated carbocycles. The average molecular weight is 456 g/mol. The molecular weight excluding hydrogens is 426 g/mol. The minimum atomic E-state index is -3.54. The smallest absolute Gasteiger partial charge is 0.255 e. The molecule has 0 atom stereocenters. The molecule has 2 aliphatic heterocycles. The number of amides is 2. The van der Waals surface area contributed by atoms with Crippen LogP contribution in [-0.4, -0.2) is 44.2 Å². The number of fused-ring (bicyclic) bond motifs is 1. The lowest BCUT2D eigenvalue weighted by Crippen LogP contribution is -2.33. The summed E-state index contributed by atoms with van der Waals surface area (Å²) in [6.07, 6.45) is 5.61. The molecule has 0 bridgehead atoms. The summed E-state index contributed by atoms with van der Waals surface area (Å²) in [5.74, 6) is -0.291. The van der Waals surface area contributed by atoms with Crippen molar-refractivity contribution in [3.63, 3.8) is 0 Å². The SMILES string of the molecule is CC(=O)N1CCCc2cc(NC(=O)c3ccc(S(=O)(=O)N4CCCCCC4)cc3)ccc21. The summed E-state index contributed by atoms with van der Waals surface area (Å²) in [5.41, 5.74) is 2.97. The topological polar surface area (TPSA) is 86.8 Å². The number of carbonyl (C=O) groups is 2. The van der Waals surface area contributed by atoms with Gasteiger partial charge in [-0.2, -0.15) is 4.31 Å². The molecule has 0 spiro atoms. The first-order valence-electron chi connectivity index (χ1n) is 11.2. The Labute approximate surface area is 189 Å². The second-order valence-electron chi connectivity index (χ2n) is 8.41. The summed E-state index contributed by atoms with van der Waals surface area (Å²) in [6.45, 7) is 3.36. The van der Waals surface area contributed by atoms with Crippen molar-refractivity contribution in [3.05, 3.63) is 53.6 Å². The van der Waals surface area contributed by atoms with Crippen molar-refractivity contribution in [2.24, 2.45) is 0 Å². The van der Waals surface area contributed by atoms with Crippen LogP contribution in [0.2, 0.25) is 0 Å².